The molecule has 0 aliphatic rings. The van der Waals surface area contributed by atoms with E-state index in [0.29, 0.717) is 0 Å². The van der Waals surface area contributed by atoms with Crippen LogP contribution in [-0.4, -0.2) is 0 Å². The number of rotatable bonds is 1. The molecule has 0 amide bonds. The van der Waals surface area contributed by atoms with Crippen molar-refractivity contribution >= 4 is 12.6 Å². The smallest absolute Gasteiger partial charge is 0.0110 e. The third-order valence-electron chi connectivity index (χ3n) is 1.13. The van der Waals surface area contributed by atoms with Crippen LogP contribution < -0.4 is 0 Å². The van der Waals surface area contributed by atoms with Gasteiger partial charge in [0.1, 0.15) is 0 Å². The molecule has 0 atom stereocenters. The Kier molecular flexibility index (Phi) is 3.01. The van der Waals surface area contributed by atoms with Crippen LogP contribution in [0.3, 0.4) is 0 Å². The van der Waals surface area contributed by atoms with Gasteiger partial charge in [-0.2, -0.15) is 0 Å². The lowest BCUT2D eigenvalue weighted by molar-refractivity contribution is 1.09. The molecule has 0 saturated carbocycles. The number of hydrogen-bond acceptors (Lipinski definition) is 0. The van der Waals surface area contributed by atoms with Crippen LogP contribution in [0.2, 0.25) is 0 Å². The fraction of sp³-hybridized carbons (Fsp3) is 0.667. The van der Waals surface area contributed by atoms with Gasteiger partial charge in [0.05, 0.1) is 0 Å². The van der Waals surface area contributed by atoms with E-state index in [9.17, 15) is 0 Å². The molecule has 0 aromatic rings. The summed E-state index contributed by atoms with van der Waals surface area (Å²) < 4.78 is 0. The molecular formula is C6H11S. The topological polar surface area (TPSA) is 0 Å². The molecule has 0 unspecified atom stereocenters. The zero-order valence-electron chi connectivity index (χ0n) is 5.12. The zero-order chi connectivity index (χ0) is 5.86. The van der Waals surface area contributed by atoms with Crippen molar-refractivity contribution in [1.82, 2.24) is 0 Å². The highest BCUT2D eigenvalue weighted by Gasteiger charge is 1.85. The van der Waals surface area contributed by atoms with E-state index in [2.05, 4.69) is 13.8 Å². The molecule has 7 heavy (non-hydrogen) atoms. The van der Waals surface area contributed by atoms with Crippen molar-refractivity contribution in [3.8, 4) is 0 Å². The summed E-state index contributed by atoms with van der Waals surface area (Å²) in [6, 6.07) is 0. The Balaban J connectivity index is 3.72. The summed E-state index contributed by atoms with van der Waals surface area (Å²) in [5.41, 5.74) is 1.33. The van der Waals surface area contributed by atoms with Gasteiger partial charge in [-0.1, -0.05) is 25.1 Å². The third kappa shape index (κ3) is 2.63. The summed E-state index contributed by atoms with van der Waals surface area (Å²) >= 11 is 4.88. The minimum absolute atomic E-state index is 1.04. The van der Waals surface area contributed by atoms with Gasteiger partial charge in [0.25, 0.3) is 0 Å². The molecular weight excluding hydrogens is 104 g/mol. The molecule has 0 bridgehead atoms. The molecule has 0 aromatic carbocycles. The van der Waals surface area contributed by atoms with Crippen LogP contribution in [0, 0.1) is 0 Å². The molecule has 0 rings (SSSR count). The molecule has 0 spiro atoms. The summed E-state index contributed by atoms with van der Waals surface area (Å²) in [4.78, 5) is 1.04. The second kappa shape index (κ2) is 3.03. The van der Waals surface area contributed by atoms with E-state index < -0.39 is 0 Å². The van der Waals surface area contributed by atoms with Crippen LogP contribution in [0.25, 0.3) is 0 Å². The maximum Gasteiger partial charge on any atom is 0.0110 e. The van der Waals surface area contributed by atoms with E-state index in [1.54, 1.807) is 0 Å². The average Bonchev–Trinajstić information content (AvgIpc) is 1.65. The fourth-order valence-corrected chi connectivity index (χ4v) is 0.393. The van der Waals surface area contributed by atoms with Gasteiger partial charge in [-0.15, -0.1) is 0 Å². The van der Waals surface area contributed by atoms with Crippen LogP contribution in [0.4, 0.5) is 0 Å². The molecule has 0 saturated heterocycles. The van der Waals surface area contributed by atoms with Gasteiger partial charge in [0.2, 0.25) is 0 Å². The molecule has 0 N–H and O–H groups in total. The molecule has 41 valence electrons. The van der Waals surface area contributed by atoms with E-state index in [4.69, 9.17) is 12.6 Å². The monoisotopic (exact) mass is 115 g/mol. The summed E-state index contributed by atoms with van der Waals surface area (Å²) in [7, 11) is 0. The van der Waals surface area contributed by atoms with Crippen molar-refractivity contribution in [3.05, 3.63) is 10.5 Å². The van der Waals surface area contributed by atoms with Crippen molar-refractivity contribution < 1.29 is 0 Å². The molecule has 1 heteroatoms. The SMILES string of the molecule is CC/C(C)=C(\C)[S]. The fourth-order valence-electron chi connectivity index (χ4n) is 0.249. The van der Waals surface area contributed by atoms with Crippen LogP contribution in [0.1, 0.15) is 27.2 Å². The first-order valence-corrected chi connectivity index (χ1v) is 2.92. The van der Waals surface area contributed by atoms with Gasteiger partial charge in [-0.25, -0.2) is 0 Å². The predicted octanol–water partition coefficient (Wildman–Crippen LogP) is 2.89. The first-order valence-electron chi connectivity index (χ1n) is 2.51. The molecule has 0 nitrogen and oxygen atoms in total. The molecule has 0 aromatic heterocycles. The van der Waals surface area contributed by atoms with Crippen molar-refractivity contribution in [2.75, 3.05) is 0 Å². The quantitative estimate of drug-likeness (QED) is 0.493. The normalized spacial score (nSPS) is 13.6. The van der Waals surface area contributed by atoms with Crippen molar-refractivity contribution in [2.24, 2.45) is 0 Å². The van der Waals surface area contributed by atoms with Crippen LogP contribution in [0.5, 0.6) is 0 Å². The molecule has 0 fully saturated rings. The molecule has 0 heterocycles. The Morgan fingerprint density at radius 1 is 1.43 bits per heavy atom. The first-order chi connectivity index (χ1) is 3.18. The minimum Gasteiger partial charge on any atom is -0.0853 e. The lowest BCUT2D eigenvalue weighted by Crippen LogP contribution is -1.71. The summed E-state index contributed by atoms with van der Waals surface area (Å²) in [6.45, 7) is 6.15. The lowest BCUT2D eigenvalue weighted by Gasteiger charge is -1.92. The average molecular weight is 115 g/mol. The van der Waals surface area contributed by atoms with Gasteiger partial charge in [0.15, 0.2) is 0 Å². The van der Waals surface area contributed by atoms with Gasteiger partial charge in [-0.05, 0) is 20.3 Å². The maximum atomic E-state index is 4.88. The van der Waals surface area contributed by atoms with Crippen molar-refractivity contribution in [3.63, 3.8) is 0 Å². The van der Waals surface area contributed by atoms with Crippen LogP contribution in [0.15, 0.2) is 10.5 Å². The molecule has 1 radical (unpaired) electrons. The summed E-state index contributed by atoms with van der Waals surface area (Å²) in [6.07, 6.45) is 1.09. The first kappa shape index (κ1) is 6.96. The van der Waals surface area contributed by atoms with E-state index in [-0.39, 0.29) is 0 Å². The largest absolute Gasteiger partial charge is 0.0853 e. The second-order valence-electron chi connectivity index (χ2n) is 1.69. The summed E-state index contributed by atoms with van der Waals surface area (Å²) in [5, 5.41) is 0. The Labute approximate surface area is 51.0 Å². The van der Waals surface area contributed by atoms with Gasteiger partial charge in [0, 0.05) is 4.91 Å². The van der Waals surface area contributed by atoms with Gasteiger partial charge in [-0.3, -0.25) is 0 Å². The standard InChI is InChI=1S/C6H11S/c1-4-5(2)6(3)7/h4H2,1-3H3/b6-5+. The Bertz CT molecular complexity index is 78.2. The molecule has 0 aliphatic carbocycles. The third-order valence-corrected chi connectivity index (χ3v) is 1.48. The second-order valence-corrected chi connectivity index (χ2v) is 2.30. The molecule has 0 aliphatic heterocycles. The van der Waals surface area contributed by atoms with Crippen molar-refractivity contribution in [2.45, 2.75) is 27.2 Å². The van der Waals surface area contributed by atoms with E-state index in [1.165, 1.54) is 5.57 Å². The Hall–Kier alpha value is -0.0400. The Morgan fingerprint density at radius 2 is 1.86 bits per heavy atom. The summed E-state index contributed by atoms with van der Waals surface area (Å²) in [5.74, 6) is 0. The zero-order valence-corrected chi connectivity index (χ0v) is 5.93. The maximum absolute atomic E-state index is 4.88. The predicted molar refractivity (Wildman–Crippen MR) is 36.3 cm³/mol. The highest BCUT2D eigenvalue weighted by Crippen LogP contribution is 2.08. The minimum atomic E-state index is 1.04. The number of hydrogen-bond donors (Lipinski definition) is 0. The van der Waals surface area contributed by atoms with Gasteiger partial charge < -0.3 is 0 Å². The van der Waals surface area contributed by atoms with Crippen LogP contribution in [-0.2, 0) is 0 Å². The van der Waals surface area contributed by atoms with E-state index in [0.717, 1.165) is 11.3 Å². The highest BCUT2D eigenvalue weighted by molar-refractivity contribution is 7.84. The van der Waals surface area contributed by atoms with Crippen LogP contribution >= 0.6 is 12.6 Å². The lowest BCUT2D eigenvalue weighted by atomic mass is 10.2. The van der Waals surface area contributed by atoms with Gasteiger partial charge >= 0.3 is 0 Å². The van der Waals surface area contributed by atoms with E-state index >= 15 is 0 Å². The highest BCUT2D eigenvalue weighted by atomic mass is 32.1. The Morgan fingerprint density at radius 3 is 1.86 bits per heavy atom. The number of allylic oxidation sites excluding steroid dienone is 2. The van der Waals surface area contributed by atoms with Crippen molar-refractivity contribution in [1.29, 1.82) is 0 Å². The van der Waals surface area contributed by atoms with E-state index in [1.807, 2.05) is 6.92 Å².